The van der Waals surface area contributed by atoms with Crippen LogP contribution in [0.2, 0.25) is 0 Å². The summed E-state index contributed by atoms with van der Waals surface area (Å²) in [5.41, 5.74) is 0.970. The monoisotopic (exact) mass is 263 g/mol. The molecule has 6 nitrogen and oxygen atoms in total. The molecule has 1 saturated heterocycles. The maximum absolute atomic E-state index is 12.0. The van der Waals surface area contributed by atoms with Crippen LogP contribution in [0.25, 0.3) is 0 Å². The summed E-state index contributed by atoms with van der Waals surface area (Å²) in [5.74, 6) is -0.862. The van der Waals surface area contributed by atoms with Crippen molar-refractivity contribution in [2.24, 2.45) is 0 Å². The van der Waals surface area contributed by atoms with Gasteiger partial charge in [0.1, 0.15) is 0 Å². The average molecular weight is 263 g/mol. The number of hydrogen-bond donors (Lipinski definition) is 2. The van der Waals surface area contributed by atoms with Crippen molar-refractivity contribution < 1.29 is 14.7 Å². The standard InChI is InChI=1S/C13H17N3O3/c17-12(18)8-11-2-1-7-16(11)13(19)15-9-10-3-5-14-6-4-10/h3-6,11H,1-2,7-9H2,(H,15,19)(H,17,18). The van der Waals surface area contributed by atoms with E-state index in [0.717, 1.165) is 18.4 Å². The number of urea groups is 1. The van der Waals surface area contributed by atoms with Gasteiger partial charge >= 0.3 is 12.0 Å². The summed E-state index contributed by atoms with van der Waals surface area (Å²) in [7, 11) is 0. The van der Waals surface area contributed by atoms with Gasteiger partial charge in [0.15, 0.2) is 0 Å². The third kappa shape index (κ3) is 3.67. The summed E-state index contributed by atoms with van der Waals surface area (Å²) in [6, 6.07) is 3.29. The van der Waals surface area contributed by atoms with Crippen LogP contribution < -0.4 is 5.32 Å². The second kappa shape index (κ2) is 6.17. The second-order valence-electron chi connectivity index (χ2n) is 4.60. The summed E-state index contributed by atoms with van der Waals surface area (Å²) >= 11 is 0. The molecule has 0 bridgehead atoms. The lowest BCUT2D eigenvalue weighted by Crippen LogP contribution is -2.43. The van der Waals surface area contributed by atoms with Gasteiger partial charge in [0, 0.05) is 31.5 Å². The van der Waals surface area contributed by atoms with Gasteiger partial charge in [-0.15, -0.1) is 0 Å². The SMILES string of the molecule is O=C(O)CC1CCCN1C(=O)NCc1ccncc1. The fourth-order valence-electron chi connectivity index (χ4n) is 2.30. The van der Waals surface area contributed by atoms with Gasteiger partial charge in [0.05, 0.1) is 6.42 Å². The first kappa shape index (κ1) is 13.3. The highest BCUT2D eigenvalue weighted by atomic mass is 16.4. The highest BCUT2D eigenvalue weighted by Crippen LogP contribution is 2.20. The summed E-state index contributed by atoms with van der Waals surface area (Å²) < 4.78 is 0. The van der Waals surface area contributed by atoms with Crippen LogP contribution in [0.1, 0.15) is 24.8 Å². The molecule has 0 aromatic carbocycles. The van der Waals surface area contributed by atoms with Crippen LogP contribution in [0.3, 0.4) is 0 Å². The third-order valence-corrected chi connectivity index (χ3v) is 3.24. The molecule has 0 saturated carbocycles. The molecule has 1 aromatic heterocycles. The molecular weight excluding hydrogens is 246 g/mol. The van der Waals surface area contributed by atoms with E-state index in [1.165, 1.54) is 0 Å². The quantitative estimate of drug-likeness (QED) is 0.856. The first-order valence-corrected chi connectivity index (χ1v) is 6.32. The molecule has 1 unspecified atom stereocenters. The number of rotatable bonds is 4. The van der Waals surface area contributed by atoms with Crippen LogP contribution >= 0.6 is 0 Å². The smallest absolute Gasteiger partial charge is 0.317 e. The zero-order valence-corrected chi connectivity index (χ0v) is 10.6. The van der Waals surface area contributed by atoms with Crippen molar-refractivity contribution in [3.8, 4) is 0 Å². The fraction of sp³-hybridized carbons (Fsp3) is 0.462. The number of likely N-dealkylation sites (tertiary alicyclic amines) is 1. The second-order valence-corrected chi connectivity index (χ2v) is 4.60. The van der Waals surface area contributed by atoms with Crippen molar-refractivity contribution in [2.45, 2.75) is 31.8 Å². The number of nitrogens with one attached hydrogen (secondary N) is 1. The van der Waals surface area contributed by atoms with Gasteiger partial charge in [-0.2, -0.15) is 0 Å². The summed E-state index contributed by atoms with van der Waals surface area (Å²) in [5, 5.41) is 11.6. The fourth-order valence-corrected chi connectivity index (χ4v) is 2.30. The van der Waals surface area contributed by atoms with Crippen molar-refractivity contribution in [1.82, 2.24) is 15.2 Å². The minimum Gasteiger partial charge on any atom is -0.481 e. The number of hydrogen-bond acceptors (Lipinski definition) is 3. The number of aromatic nitrogens is 1. The molecule has 2 rings (SSSR count). The maximum atomic E-state index is 12.0. The molecule has 0 aliphatic carbocycles. The zero-order valence-electron chi connectivity index (χ0n) is 10.6. The number of carboxylic acids is 1. The Balaban J connectivity index is 1.87. The van der Waals surface area contributed by atoms with Crippen LogP contribution in [0.4, 0.5) is 4.79 Å². The van der Waals surface area contributed by atoms with Gasteiger partial charge in [0.2, 0.25) is 0 Å². The largest absolute Gasteiger partial charge is 0.481 e. The number of carbonyl (C=O) groups is 2. The topological polar surface area (TPSA) is 82.5 Å². The molecule has 0 spiro atoms. The summed E-state index contributed by atoms with van der Waals surface area (Å²) in [4.78, 5) is 28.3. The number of aliphatic carboxylic acids is 1. The lowest BCUT2D eigenvalue weighted by molar-refractivity contribution is -0.137. The first-order valence-electron chi connectivity index (χ1n) is 6.32. The Morgan fingerprint density at radius 1 is 1.42 bits per heavy atom. The predicted molar refractivity (Wildman–Crippen MR) is 68.5 cm³/mol. The van der Waals surface area contributed by atoms with Gasteiger partial charge in [-0.25, -0.2) is 4.79 Å². The van der Waals surface area contributed by atoms with Gasteiger partial charge in [-0.1, -0.05) is 0 Å². The van der Waals surface area contributed by atoms with Crippen molar-refractivity contribution in [1.29, 1.82) is 0 Å². The Morgan fingerprint density at radius 3 is 2.84 bits per heavy atom. The number of carboxylic acid groups (broad SMARTS) is 1. The van der Waals surface area contributed by atoms with E-state index in [1.54, 1.807) is 17.3 Å². The van der Waals surface area contributed by atoms with Crippen molar-refractivity contribution >= 4 is 12.0 Å². The highest BCUT2D eigenvalue weighted by Gasteiger charge is 2.30. The third-order valence-electron chi connectivity index (χ3n) is 3.24. The molecular formula is C13H17N3O3. The molecule has 102 valence electrons. The molecule has 1 aliphatic heterocycles. The minimum absolute atomic E-state index is 0.0165. The van der Waals surface area contributed by atoms with E-state index < -0.39 is 5.97 Å². The molecule has 2 heterocycles. The molecule has 19 heavy (non-hydrogen) atoms. The van der Waals surface area contributed by atoms with Crippen LogP contribution in [-0.4, -0.2) is 39.6 Å². The molecule has 1 aliphatic rings. The molecule has 1 aromatic rings. The van der Waals surface area contributed by atoms with E-state index in [0.29, 0.717) is 13.1 Å². The molecule has 1 atom stereocenters. The van der Waals surface area contributed by atoms with Crippen LogP contribution in [0.15, 0.2) is 24.5 Å². The van der Waals surface area contributed by atoms with E-state index in [1.807, 2.05) is 12.1 Å². The Morgan fingerprint density at radius 2 is 2.16 bits per heavy atom. The normalized spacial score (nSPS) is 18.3. The highest BCUT2D eigenvalue weighted by molar-refractivity contribution is 5.76. The van der Waals surface area contributed by atoms with E-state index in [4.69, 9.17) is 5.11 Å². The number of carbonyl (C=O) groups excluding carboxylic acids is 1. The molecule has 1 fully saturated rings. The number of amides is 2. The van der Waals surface area contributed by atoms with E-state index in [2.05, 4.69) is 10.3 Å². The Hall–Kier alpha value is -2.11. The molecule has 0 radical (unpaired) electrons. The Bertz CT molecular complexity index is 450. The van der Waals surface area contributed by atoms with E-state index in [9.17, 15) is 9.59 Å². The van der Waals surface area contributed by atoms with Crippen molar-refractivity contribution in [2.75, 3.05) is 6.54 Å². The molecule has 2 amide bonds. The van der Waals surface area contributed by atoms with Gasteiger partial charge < -0.3 is 15.3 Å². The van der Waals surface area contributed by atoms with Crippen LogP contribution in [0.5, 0.6) is 0 Å². The summed E-state index contributed by atoms with van der Waals surface area (Å²) in [6.45, 7) is 1.05. The summed E-state index contributed by atoms with van der Waals surface area (Å²) in [6.07, 6.45) is 4.98. The average Bonchev–Trinajstić information content (AvgIpc) is 2.84. The number of nitrogens with zero attached hydrogens (tertiary/aromatic N) is 2. The molecule has 2 N–H and O–H groups in total. The van der Waals surface area contributed by atoms with E-state index >= 15 is 0 Å². The van der Waals surface area contributed by atoms with Crippen molar-refractivity contribution in [3.05, 3.63) is 30.1 Å². The predicted octanol–water partition coefficient (Wildman–Crippen LogP) is 1.23. The first-order chi connectivity index (χ1) is 9.16. The minimum atomic E-state index is -0.862. The van der Waals surface area contributed by atoms with Crippen LogP contribution in [0, 0.1) is 0 Å². The van der Waals surface area contributed by atoms with Gasteiger partial charge in [-0.3, -0.25) is 9.78 Å². The van der Waals surface area contributed by atoms with Gasteiger partial charge in [-0.05, 0) is 30.5 Å². The maximum Gasteiger partial charge on any atom is 0.317 e. The zero-order chi connectivity index (χ0) is 13.7. The lowest BCUT2D eigenvalue weighted by Gasteiger charge is -2.23. The van der Waals surface area contributed by atoms with Crippen molar-refractivity contribution in [3.63, 3.8) is 0 Å². The molecule has 6 heteroatoms. The lowest BCUT2D eigenvalue weighted by atomic mass is 10.1. The Kier molecular flexibility index (Phi) is 4.33. The van der Waals surface area contributed by atoms with E-state index in [-0.39, 0.29) is 18.5 Å². The number of pyridine rings is 1. The Labute approximate surface area is 111 Å². The van der Waals surface area contributed by atoms with Crippen LogP contribution in [-0.2, 0) is 11.3 Å². The van der Waals surface area contributed by atoms with Gasteiger partial charge in [0.25, 0.3) is 0 Å².